The van der Waals surface area contributed by atoms with E-state index in [1.54, 1.807) is 6.92 Å². The van der Waals surface area contributed by atoms with Gasteiger partial charge in [-0.15, -0.1) is 0 Å². The van der Waals surface area contributed by atoms with Crippen LogP contribution in [-0.2, 0) is 15.1 Å². The average Bonchev–Trinajstić information content (AvgIpc) is 3.22. The first-order valence-electron chi connectivity index (χ1n) is 12.0. The van der Waals surface area contributed by atoms with Gasteiger partial charge in [0.25, 0.3) is 0 Å². The van der Waals surface area contributed by atoms with Gasteiger partial charge in [0.05, 0.1) is 5.92 Å². The molecule has 0 radical (unpaired) electrons. The molecule has 0 N–H and O–H groups in total. The molecule has 2 nitrogen and oxygen atoms in total. The van der Waals surface area contributed by atoms with E-state index in [1.165, 1.54) is 0 Å². The minimum absolute atomic E-state index is 0.0259. The number of carbonyl (C=O) groups is 1. The molecule has 1 unspecified atom stereocenters. The average molecular weight is 457 g/mol. The van der Waals surface area contributed by atoms with Crippen molar-refractivity contribution in [1.82, 2.24) is 0 Å². The summed E-state index contributed by atoms with van der Waals surface area (Å²) < 4.78 is 6.79. The molecule has 0 amide bonds. The zero-order valence-corrected chi connectivity index (χ0v) is 20.0. The topological polar surface area (TPSA) is 26.3 Å². The van der Waals surface area contributed by atoms with Gasteiger partial charge in [-0.1, -0.05) is 127 Å². The number of hydrogen-bond donors (Lipinski definition) is 0. The second-order valence-corrected chi connectivity index (χ2v) is 8.89. The fraction of sp³-hybridized carbons (Fsp3) is 0.121. The molecular formula is C33H28O2. The number of Topliss-reactive ketones (excluding diaryl/α,β-unsaturated/α-hetero) is 1. The van der Waals surface area contributed by atoms with Crippen LogP contribution in [0.3, 0.4) is 0 Å². The number of benzene rings is 4. The molecule has 5 rings (SSSR count). The van der Waals surface area contributed by atoms with Gasteiger partial charge in [-0.05, 0) is 30.5 Å². The summed E-state index contributed by atoms with van der Waals surface area (Å²) in [6, 6.07) is 41.2. The summed E-state index contributed by atoms with van der Waals surface area (Å²) in [7, 11) is 0. The second-order valence-electron chi connectivity index (χ2n) is 8.89. The fourth-order valence-electron chi connectivity index (χ4n) is 5.23. The minimum atomic E-state index is -0.859. The van der Waals surface area contributed by atoms with Gasteiger partial charge >= 0.3 is 0 Å². The zero-order chi connectivity index (χ0) is 24.3. The SMILES string of the molecule is CC(=O)C1=C(C)OC(c2ccccc2)(c2ccccc2)C1C=C(c1ccccc1)c1ccccc1. The second kappa shape index (κ2) is 9.60. The van der Waals surface area contributed by atoms with Gasteiger partial charge in [0, 0.05) is 16.7 Å². The molecule has 0 aliphatic carbocycles. The lowest BCUT2D eigenvalue weighted by Gasteiger charge is -2.36. The maximum atomic E-state index is 13.1. The van der Waals surface area contributed by atoms with E-state index in [1.807, 2.05) is 79.7 Å². The Morgan fingerprint density at radius 1 is 0.686 bits per heavy atom. The van der Waals surface area contributed by atoms with Crippen molar-refractivity contribution in [2.24, 2.45) is 5.92 Å². The lowest BCUT2D eigenvalue weighted by molar-refractivity contribution is -0.114. The van der Waals surface area contributed by atoms with Crippen LogP contribution in [0, 0.1) is 5.92 Å². The van der Waals surface area contributed by atoms with Crippen LogP contribution in [0.5, 0.6) is 0 Å². The van der Waals surface area contributed by atoms with Crippen LogP contribution in [-0.4, -0.2) is 5.78 Å². The Bertz CT molecular complexity index is 1290. The molecule has 35 heavy (non-hydrogen) atoms. The summed E-state index contributed by atoms with van der Waals surface area (Å²) in [5.41, 5.74) is 5.16. The number of ketones is 1. The Kier molecular flexibility index (Phi) is 6.20. The predicted molar refractivity (Wildman–Crippen MR) is 142 cm³/mol. The fourth-order valence-corrected chi connectivity index (χ4v) is 5.23. The molecule has 0 saturated carbocycles. The van der Waals surface area contributed by atoms with Gasteiger partial charge in [0.2, 0.25) is 0 Å². The highest BCUT2D eigenvalue weighted by molar-refractivity contribution is 5.96. The highest BCUT2D eigenvalue weighted by atomic mass is 16.5. The molecule has 172 valence electrons. The summed E-state index contributed by atoms with van der Waals surface area (Å²) in [4.78, 5) is 13.1. The maximum absolute atomic E-state index is 13.1. The molecule has 2 heteroatoms. The van der Waals surface area contributed by atoms with Crippen LogP contribution in [0.25, 0.3) is 5.57 Å². The molecule has 1 heterocycles. The van der Waals surface area contributed by atoms with E-state index in [0.29, 0.717) is 11.3 Å². The van der Waals surface area contributed by atoms with Gasteiger partial charge in [-0.25, -0.2) is 0 Å². The highest BCUT2D eigenvalue weighted by Crippen LogP contribution is 2.52. The van der Waals surface area contributed by atoms with Crippen molar-refractivity contribution in [3.63, 3.8) is 0 Å². The molecule has 0 saturated heterocycles. The number of carbonyl (C=O) groups excluding carboxylic acids is 1. The van der Waals surface area contributed by atoms with Crippen LogP contribution >= 0.6 is 0 Å². The normalized spacial score (nSPS) is 16.5. The summed E-state index contributed by atoms with van der Waals surface area (Å²) in [5.74, 6) is 0.380. The van der Waals surface area contributed by atoms with Gasteiger partial charge in [-0.2, -0.15) is 0 Å². The summed E-state index contributed by atoms with van der Waals surface area (Å²) in [6.45, 7) is 3.55. The Hall–Kier alpha value is -4.17. The predicted octanol–water partition coefficient (Wildman–Crippen LogP) is 7.57. The number of allylic oxidation sites excluding steroid dienone is 1. The van der Waals surface area contributed by atoms with Crippen LogP contribution in [0.1, 0.15) is 36.1 Å². The molecule has 1 atom stereocenters. The summed E-state index contributed by atoms with van der Waals surface area (Å²) in [6.07, 6.45) is 2.23. The quantitative estimate of drug-likeness (QED) is 0.299. The monoisotopic (exact) mass is 456 g/mol. The Labute approximate surface area is 207 Å². The third kappa shape index (κ3) is 4.13. The molecular weight excluding hydrogens is 428 g/mol. The first kappa shape index (κ1) is 22.6. The molecule has 0 fully saturated rings. The van der Waals surface area contributed by atoms with Gasteiger partial charge in [0.1, 0.15) is 5.76 Å². The van der Waals surface area contributed by atoms with E-state index in [2.05, 4.69) is 54.6 Å². The molecule has 4 aromatic carbocycles. The van der Waals surface area contributed by atoms with Crippen molar-refractivity contribution in [3.05, 3.63) is 161 Å². The highest BCUT2D eigenvalue weighted by Gasteiger charge is 2.51. The van der Waals surface area contributed by atoms with Crippen molar-refractivity contribution >= 4 is 11.4 Å². The maximum Gasteiger partial charge on any atom is 0.169 e. The lowest BCUT2D eigenvalue weighted by Crippen LogP contribution is -2.35. The molecule has 4 aromatic rings. The van der Waals surface area contributed by atoms with E-state index in [-0.39, 0.29) is 11.7 Å². The van der Waals surface area contributed by atoms with Crippen LogP contribution in [0.15, 0.2) is 139 Å². The van der Waals surface area contributed by atoms with E-state index < -0.39 is 5.60 Å². The third-order valence-corrected chi connectivity index (χ3v) is 6.73. The molecule has 1 aliphatic heterocycles. The van der Waals surface area contributed by atoms with Crippen molar-refractivity contribution < 1.29 is 9.53 Å². The van der Waals surface area contributed by atoms with E-state index in [4.69, 9.17) is 4.74 Å². The van der Waals surface area contributed by atoms with Crippen LogP contribution in [0.4, 0.5) is 0 Å². The summed E-state index contributed by atoms with van der Waals surface area (Å²) in [5, 5.41) is 0. The largest absolute Gasteiger partial charge is 0.481 e. The Morgan fingerprint density at radius 3 is 1.49 bits per heavy atom. The first-order chi connectivity index (χ1) is 17.1. The van der Waals surface area contributed by atoms with Gasteiger partial charge in [-0.3, -0.25) is 4.79 Å². The number of rotatable bonds is 6. The Morgan fingerprint density at radius 2 is 1.09 bits per heavy atom. The zero-order valence-electron chi connectivity index (χ0n) is 20.0. The van der Waals surface area contributed by atoms with E-state index in [0.717, 1.165) is 27.8 Å². The first-order valence-corrected chi connectivity index (χ1v) is 12.0. The van der Waals surface area contributed by atoms with Crippen molar-refractivity contribution in [3.8, 4) is 0 Å². The van der Waals surface area contributed by atoms with Gasteiger partial charge in [0.15, 0.2) is 11.4 Å². The van der Waals surface area contributed by atoms with Crippen molar-refractivity contribution in [2.45, 2.75) is 19.4 Å². The standard InChI is InChI=1S/C33H28O2/c1-24(34)32-25(2)35-33(28-19-11-5-12-20-28,29-21-13-6-14-22-29)31(32)23-30(26-15-7-3-8-16-26)27-17-9-4-10-18-27/h3-23,31H,1-2H3. The smallest absolute Gasteiger partial charge is 0.169 e. The number of ether oxygens (including phenoxy) is 1. The Balaban J connectivity index is 1.83. The summed E-state index contributed by atoms with van der Waals surface area (Å²) >= 11 is 0. The number of hydrogen-bond acceptors (Lipinski definition) is 2. The molecule has 1 aliphatic rings. The molecule has 0 bridgehead atoms. The van der Waals surface area contributed by atoms with E-state index >= 15 is 0 Å². The molecule has 0 spiro atoms. The van der Waals surface area contributed by atoms with Crippen molar-refractivity contribution in [2.75, 3.05) is 0 Å². The minimum Gasteiger partial charge on any atom is -0.481 e. The third-order valence-electron chi connectivity index (χ3n) is 6.73. The van der Waals surface area contributed by atoms with Crippen LogP contribution < -0.4 is 0 Å². The van der Waals surface area contributed by atoms with E-state index in [9.17, 15) is 4.79 Å². The lowest BCUT2D eigenvalue weighted by atomic mass is 9.72. The van der Waals surface area contributed by atoms with Crippen molar-refractivity contribution in [1.29, 1.82) is 0 Å². The van der Waals surface area contributed by atoms with Gasteiger partial charge < -0.3 is 4.74 Å². The molecule has 0 aromatic heterocycles. The van der Waals surface area contributed by atoms with Crippen LogP contribution in [0.2, 0.25) is 0 Å².